The molecule has 0 aliphatic carbocycles. The molecule has 1 unspecified atom stereocenters. The average molecular weight is 472 g/mol. The van der Waals surface area contributed by atoms with Crippen LogP contribution in [-0.4, -0.2) is 43.4 Å². The van der Waals surface area contributed by atoms with Gasteiger partial charge in [-0.05, 0) is 49.3 Å². The molecular weight excluding hydrogens is 439 g/mol. The molecule has 1 fully saturated rings. The Morgan fingerprint density at radius 3 is 2.81 bits per heavy atom. The second kappa shape index (κ2) is 11.4. The van der Waals surface area contributed by atoms with Crippen LogP contribution in [0.1, 0.15) is 49.5 Å². The highest BCUT2D eigenvalue weighted by atomic mass is 127. The van der Waals surface area contributed by atoms with Gasteiger partial charge in [0.2, 0.25) is 0 Å². The van der Waals surface area contributed by atoms with Crippen molar-refractivity contribution in [2.75, 3.05) is 26.7 Å². The quantitative estimate of drug-likeness (QED) is 0.379. The Balaban J connectivity index is 0.00000338. The third kappa shape index (κ3) is 6.78. The van der Waals surface area contributed by atoms with Gasteiger partial charge in [-0.1, -0.05) is 26.0 Å². The lowest BCUT2D eigenvalue weighted by Crippen LogP contribution is -2.40. The van der Waals surface area contributed by atoms with Crippen LogP contribution in [0.2, 0.25) is 0 Å². The molecule has 1 aliphatic heterocycles. The van der Waals surface area contributed by atoms with E-state index < -0.39 is 0 Å². The monoisotopic (exact) mass is 472 g/mol. The highest BCUT2D eigenvalue weighted by Gasteiger charge is 2.25. The fourth-order valence-electron chi connectivity index (χ4n) is 3.43. The van der Waals surface area contributed by atoms with Crippen LogP contribution in [-0.2, 0) is 6.54 Å². The summed E-state index contributed by atoms with van der Waals surface area (Å²) in [6, 6.07) is 7.67. The van der Waals surface area contributed by atoms with Gasteiger partial charge in [-0.3, -0.25) is 4.79 Å². The van der Waals surface area contributed by atoms with E-state index in [0.717, 1.165) is 43.0 Å². The van der Waals surface area contributed by atoms with Crippen molar-refractivity contribution in [3.05, 3.63) is 35.4 Å². The number of likely N-dealkylation sites (tertiary alicyclic amines) is 1. The fourth-order valence-corrected chi connectivity index (χ4v) is 3.43. The molecule has 1 aliphatic rings. The molecule has 0 saturated carbocycles. The first-order valence-corrected chi connectivity index (χ1v) is 9.37. The summed E-state index contributed by atoms with van der Waals surface area (Å²) in [6.45, 7) is 10.3. The van der Waals surface area contributed by atoms with E-state index in [1.165, 1.54) is 12.8 Å². The molecule has 146 valence electrons. The van der Waals surface area contributed by atoms with Gasteiger partial charge in [0.05, 0.1) is 6.54 Å². The van der Waals surface area contributed by atoms with Crippen molar-refractivity contribution in [2.24, 2.45) is 16.8 Å². The Morgan fingerprint density at radius 1 is 1.38 bits per heavy atom. The number of carbonyl (C=O) groups is 1. The molecule has 2 N–H and O–H groups in total. The summed E-state index contributed by atoms with van der Waals surface area (Å²) in [7, 11) is 1.65. The predicted molar refractivity (Wildman–Crippen MR) is 119 cm³/mol. The fraction of sp³-hybridized carbons (Fsp3) is 0.600. The van der Waals surface area contributed by atoms with Crippen molar-refractivity contribution in [1.29, 1.82) is 0 Å². The summed E-state index contributed by atoms with van der Waals surface area (Å²) >= 11 is 0. The highest BCUT2D eigenvalue weighted by molar-refractivity contribution is 14.0. The second-order valence-corrected chi connectivity index (χ2v) is 7.18. The molecule has 1 aromatic rings. The minimum absolute atomic E-state index is 0. The molecule has 0 spiro atoms. The molecule has 1 amide bonds. The van der Waals surface area contributed by atoms with E-state index in [1.807, 2.05) is 24.3 Å². The zero-order valence-corrected chi connectivity index (χ0v) is 18.7. The van der Waals surface area contributed by atoms with Crippen LogP contribution in [0.3, 0.4) is 0 Å². The predicted octanol–water partition coefficient (Wildman–Crippen LogP) is 3.50. The minimum atomic E-state index is -0.0613. The Bertz CT molecular complexity index is 603. The SMILES string of the molecule is CCNC(=NCc1cccc(C(=O)NC)c1)N1CCC(CC(C)C)C1.I. The number of hydrogen-bond acceptors (Lipinski definition) is 2. The Hall–Kier alpha value is -1.31. The van der Waals surface area contributed by atoms with E-state index in [4.69, 9.17) is 4.99 Å². The van der Waals surface area contributed by atoms with Gasteiger partial charge >= 0.3 is 0 Å². The third-order valence-electron chi connectivity index (χ3n) is 4.55. The summed E-state index contributed by atoms with van der Waals surface area (Å²) in [5.41, 5.74) is 1.73. The van der Waals surface area contributed by atoms with Crippen LogP contribution in [0.15, 0.2) is 29.3 Å². The third-order valence-corrected chi connectivity index (χ3v) is 4.55. The van der Waals surface area contributed by atoms with Gasteiger partial charge in [-0.2, -0.15) is 0 Å². The van der Waals surface area contributed by atoms with E-state index in [2.05, 4.69) is 36.3 Å². The minimum Gasteiger partial charge on any atom is -0.357 e. The first-order valence-electron chi connectivity index (χ1n) is 9.37. The van der Waals surface area contributed by atoms with Crippen LogP contribution in [0.4, 0.5) is 0 Å². The molecule has 6 heteroatoms. The van der Waals surface area contributed by atoms with Crippen LogP contribution >= 0.6 is 24.0 Å². The molecule has 1 aromatic carbocycles. The number of rotatable bonds is 6. The van der Waals surface area contributed by atoms with Gasteiger partial charge in [0.25, 0.3) is 5.91 Å². The highest BCUT2D eigenvalue weighted by Crippen LogP contribution is 2.23. The van der Waals surface area contributed by atoms with E-state index in [9.17, 15) is 4.79 Å². The van der Waals surface area contributed by atoms with E-state index in [-0.39, 0.29) is 29.9 Å². The normalized spacial score (nSPS) is 17.2. The number of benzene rings is 1. The molecule has 5 nitrogen and oxygen atoms in total. The van der Waals surface area contributed by atoms with E-state index in [0.29, 0.717) is 12.1 Å². The standard InChI is InChI=1S/C20H32N4O.HI/c1-5-22-20(24-10-9-17(14-24)11-15(2)3)23-13-16-7-6-8-18(12-16)19(25)21-4;/h6-8,12,15,17H,5,9-11,13-14H2,1-4H3,(H,21,25)(H,22,23);1H. The van der Waals surface area contributed by atoms with E-state index in [1.54, 1.807) is 7.05 Å². The Kier molecular flexibility index (Phi) is 9.98. The maximum atomic E-state index is 11.8. The van der Waals surface area contributed by atoms with Crippen molar-refractivity contribution in [2.45, 2.75) is 40.2 Å². The smallest absolute Gasteiger partial charge is 0.251 e. The topological polar surface area (TPSA) is 56.7 Å². The summed E-state index contributed by atoms with van der Waals surface area (Å²) in [6.07, 6.45) is 2.53. The first-order chi connectivity index (χ1) is 12.0. The molecule has 2 rings (SSSR count). The lowest BCUT2D eigenvalue weighted by Gasteiger charge is -2.22. The maximum Gasteiger partial charge on any atom is 0.251 e. The number of nitrogens with zero attached hydrogens (tertiary/aromatic N) is 2. The Labute approximate surface area is 175 Å². The number of amides is 1. The molecule has 0 aromatic heterocycles. The summed E-state index contributed by atoms with van der Waals surface area (Å²) in [5.74, 6) is 2.44. The van der Waals surface area contributed by atoms with Crippen LogP contribution in [0.25, 0.3) is 0 Å². The van der Waals surface area contributed by atoms with Gasteiger partial charge in [0.1, 0.15) is 0 Å². The summed E-state index contributed by atoms with van der Waals surface area (Å²) in [4.78, 5) is 19.0. The molecule has 1 heterocycles. The molecule has 26 heavy (non-hydrogen) atoms. The lowest BCUT2D eigenvalue weighted by molar-refractivity contribution is 0.0963. The number of hydrogen-bond donors (Lipinski definition) is 2. The van der Waals surface area contributed by atoms with Crippen molar-refractivity contribution in [3.8, 4) is 0 Å². The van der Waals surface area contributed by atoms with Crippen molar-refractivity contribution >= 4 is 35.8 Å². The number of guanidine groups is 1. The zero-order valence-electron chi connectivity index (χ0n) is 16.4. The number of carbonyl (C=O) groups excluding carboxylic acids is 1. The van der Waals surface area contributed by atoms with Crippen molar-refractivity contribution < 1.29 is 4.79 Å². The molecular formula is C20H33IN4O. The molecule has 1 saturated heterocycles. The van der Waals surface area contributed by atoms with Crippen molar-refractivity contribution in [1.82, 2.24) is 15.5 Å². The molecule has 0 bridgehead atoms. The summed E-state index contributed by atoms with van der Waals surface area (Å²) < 4.78 is 0. The van der Waals surface area contributed by atoms with Crippen LogP contribution in [0, 0.1) is 11.8 Å². The zero-order chi connectivity index (χ0) is 18.2. The summed E-state index contributed by atoms with van der Waals surface area (Å²) in [5, 5.41) is 6.08. The van der Waals surface area contributed by atoms with Gasteiger partial charge in [0, 0.05) is 32.2 Å². The van der Waals surface area contributed by atoms with Crippen LogP contribution in [0.5, 0.6) is 0 Å². The van der Waals surface area contributed by atoms with Gasteiger partial charge in [-0.15, -0.1) is 24.0 Å². The number of aliphatic imine (C=N–C) groups is 1. The van der Waals surface area contributed by atoms with Gasteiger partial charge in [0.15, 0.2) is 5.96 Å². The Morgan fingerprint density at radius 2 is 2.15 bits per heavy atom. The largest absolute Gasteiger partial charge is 0.357 e. The average Bonchev–Trinajstić information content (AvgIpc) is 3.05. The van der Waals surface area contributed by atoms with Gasteiger partial charge in [-0.25, -0.2) is 4.99 Å². The lowest BCUT2D eigenvalue weighted by atomic mass is 9.97. The maximum absolute atomic E-state index is 11.8. The molecule has 0 radical (unpaired) electrons. The van der Waals surface area contributed by atoms with Crippen LogP contribution < -0.4 is 10.6 Å². The van der Waals surface area contributed by atoms with Crippen molar-refractivity contribution in [3.63, 3.8) is 0 Å². The molecule has 1 atom stereocenters. The first kappa shape index (κ1) is 22.7. The second-order valence-electron chi connectivity index (χ2n) is 7.18. The number of halogens is 1. The van der Waals surface area contributed by atoms with Gasteiger partial charge < -0.3 is 15.5 Å². The van der Waals surface area contributed by atoms with E-state index >= 15 is 0 Å². The number of nitrogens with one attached hydrogen (secondary N) is 2.